The Labute approximate surface area is 80.7 Å². The van der Waals surface area contributed by atoms with Crippen LogP contribution in [0.3, 0.4) is 0 Å². The Morgan fingerprint density at radius 1 is 1.42 bits per heavy atom. The molecule has 0 bridgehead atoms. The maximum atomic E-state index is 9.15. The molecule has 0 N–H and O–H groups in total. The Morgan fingerprint density at radius 2 is 2.00 bits per heavy atom. The van der Waals surface area contributed by atoms with Gasteiger partial charge in [0.2, 0.25) is 0 Å². The number of carbonyl (C=O) groups excluding carboxylic acids is 1. The monoisotopic (exact) mass is 230 g/mol. The fourth-order valence-corrected chi connectivity index (χ4v) is 0.668. The first-order valence-electron chi connectivity index (χ1n) is 3.44. The van der Waals surface area contributed by atoms with Gasteiger partial charge in [0.1, 0.15) is 5.52 Å². The minimum absolute atomic E-state index is 0.288. The number of alkyl halides is 1. The zero-order chi connectivity index (χ0) is 9.23. The molecule has 0 amide bonds. The normalized spacial score (nSPS) is 7.83. The number of halogens is 1. The highest BCUT2D eigenvalue weighted by molar-refractivity contribution is 9.09. The molecule has 0 saturated heterocycles. The number of hydrogen-bond acceptors (Lipinski definition) is 2. The summed E-state index contributed by atoms with van der Waals surface area (Å²) in [6.45, 7) is 2.47. The highest BCUT2D eigenvalue weighted by Crippen LogP contribution is 1.92. The van der Waals surface area contributed by atoms with Gasteiger partial charge in [-0.25, -0.2) is 0 Å². The maximum Gasteiger partial charge on any atom is 0.293 e. The van der Waals surface area contributed by atoms with Crippen LogP contribution in [0, 0.1) is 6.92 Å². The van der Waals surface area contributed by atoms with E-state index in [0.717, 1.165) is 0 Å². The molecule has 0 aromatic heterocycles. The quantitative estimate of drug-likeness (QED) is 0.577. The van der Waals surface area contributed by atoms with Crippen molar-refractivity contribution in [2.24, 2.45) is 0 Å². The van der Waals surface area contributed by atoms with Crippen molar-refractivity contribution in [1.29, 1.82) is 0 Å². The van der Waals surface area contributed by atoms with Crippen LogP contribution in [-0.2, 0) is 9.53 Å². The largest absolute Gasteiger partial charge is 0.456 e. The van der Waals surface area contributed by atoms with Crippen molar-refractivity contribution in [3.63, 3.8) is 0 Å². The van der Waals surface area contributed by atoms with Crippen LogP contribution >= 0.6 is 15.9 Å². The van der Waals surface area contributed by atoms with Gasteiger partial charge in [-0.05, 0) is 22.9 Å². The summed E-state index contributed by atoms with van der Waals surface area (Å²) in [5.41, 5.74) is 1.61. The van der Waals surface area contributed by atoms with Crippen molar-refractivity contribution in [3.05, 3.63) is 35.9 Å². The van der Waals surface area contributed by atoms with Gasteiger partial charge in [-0.1, -0.05) is 35.9 Å². The third-order valence-corrected chi connectivity index (χ3v) is 1.34. The van der Waals surface area contributed by atoms with Gasteiger partial charge in [0.15, 0.2) is 0 Å². The van der Waals surface area contributed by atoms with Crippen molar-refractivity contribution in [1.82, 2.24) is 0 Å². The molecule has 1 aromatic rings. The molecule has 0 heterocycles. The number of carbonyl (C=O) groups is 1. The summed E-state index contributed by atoms with van der Waals surface area (Å²) in [4.78, 5) is 9.15. The van der Waals surface area contributed by atoms with E-state index in [1.807, 2.05) is 18.2 Å². The lowest BCUT2D eigenvalue weighted by Gasteiger charge is -1.82. The van der Waals surface area contributed by atoms with Crippen molar-refractivity contribution < 1.29 is 9.53 Å². The van der Waals surface area contributed by atoms with E-state index in [1.54, 1.807) is 0 Å². The smallest absolute Gasteiger partial charge is 0.293 e. The molecule has 1 rings (SSSR count). The van der Waals surface area contributed by atoms with Gasteiger partial charge >= 0.3 is 0 Å². The fraction of sp³-hybridized carbons (Fsp3) is 0.222. The Balaban J connectivity index is 0.000000217. The van der Waals surface area contributed by atoms with Gasteiger partial charge in [0.05, 0.1) is 0 Å². The summed E-state index contributed by atoms with van der Waals surface area (Å²) >= 11 is 2.86. The molecular formula is C9H11BrO2. The molecule has 0 unspecified atom stereocenters. The Morgan fingerprint density at radius 3 is 2.17 bits per heavy atom. The third-order valence-electron chi connectivity index (χ3n) is 1.07. The summed E-state index contributed by atoms with van der Waals surface area (Å²) in [5, 5.41) is 0. The number of ether oxygens (including phenoxy) is 1. The Hall–Kier alpha value is -0.830. The van der Waals surface area contributed by atoms with Gasteiger partial charge in [-0.3, -0.25) is 4.79 Å². The number of benzene rings is 1. The molecule has 12 heavy (non-hydrogen) atoms. The lowest BCUT2D eigenvalue weighted by atomic mass is 10.2. The second kappa shape index (κ2) is 8.27. The minimum atomic E-state index is 0.288. The van der Waals surface area contributed by atoms with Crippen LogP contribution in [0.1, 0.15) is 5.56 Å². The van der Waals surface area contributed by atoms with Crippen molar-refractivity contribution in [3.8, 4) is 0 Å². The van der Waals surface area contributed by atoms with E-state index in [2.05, 4.69) is 39.7 Å². The van der Waals surface area contributed by atoms with Crippen LogP contribution in [0.5, 0.6) is 0 Å². The summed E-state index contributed by atoms with van der Waals surface area (Å²) in [5.74, 6) is 0. The molecule has 0 spiro atoms. The van der Waals surface area contributed by atoms with Gasteiger partial charge in [-0.15, -0.1) is 0 Å². The summed E-state index contributed by atoms with van der Waals surface area (Å²) < 4.78 is 4.07. The summed E-state index contributed by atoms with van der Waals surface area (Å²) in [6, 6.07) is 10.3. The zero-order valence-electron chi connectivity index (χ0n) is 6.87. The van der Waals surface area contributed by atoms with Gasteiger partial charge in [0.25, 0.3) is 6.47 Å². The average Bonchev–Trinajstić information content (AvgIpc) is 2.08. The van der Waals surface area contributed by atoms with Crippen LogP contribution in [-0.4, -0.2) is 12.0 Å². The minimum Gasteiger partial charge on any atom is -0.456 e. The SMILES string of the molecule is Cc1ccccc1.O=COCBr. The molecule has 0 atom stereocenters. The molecular weight excluding hydrogens is 220 g/mol. The molecule has 0 aliphatic carbocycles. The molecule has 0 saturated carbocycles. The van der Waals surface area contributed by atoms with Gasteiger partial charge in [0, 0.05) is 0 Å². The Kier molecular flexibility index (Phi) is 7.70. The topological polar surface area (TPSA) is 26.3 Å². The lowest BCUT2D eigenvalue weighted by Crippen LogP contribution is -1.76. The molecule has 0 aliphatic rings. The molecule has 66 valence electrons. The van der Waals surface area contributed by atoms with E-state index in [0.29, 0.717) is 6.47 Å². The highest BCUT2D eigenvalue weighted by atomic mass is 79.9. The van der Waals surface area contributed by atoms with E-state index in [-0.39, 0.29) is 5.52 Å². The van der Waals surface area contributed by atoms with Crippen LogP contribution < -0.4 is 0 Å². The van der Waals surface area contributed by atoms with Gasteiger partial charge < -0.3 is 4.74 Å². The maximum absolute atomic E-state index is 9.15. The molecule has 1 aromatic carbocycles. The predicted octanol–water partition coefficient (Wildman–Crippen LogP) is 2.51. The average molecular weight is 231 g/mol. The highest BCUT2D eigenvalue weighted by Gasteiger charge is 1.72. The van der Waals surface area contributed by atoms with E-state index < -0.39 is 0 Å². The van der Waals surface area contributed by atoms with E-state index in [1.165, 1.54) is 5.56 Å². The summed E-state index contributed by atoms with van der Waals surface area (Å²) in [7, 11) is 0. The van der Waals surface area contributed by atoms with Crippen LogP contribution in [0.15, 0.2) is 30.3 Å². The van der Waals surface area contributed by atoms with Gasteiger partial charge in [-0.2, -0.15) is 0 Å². The fourth-order valence-electron chi connectivity index (χ4n) is 0.560. The van der Waals surface area contributed by atoms with Crippen LogP contribution in [0.25, 0.3) is 0 Å². The zero-order valence-corrected chi connectivity index (χ0v) is 8.45. The second-order valence-electron chi connectivity index (χ2n) is 2.03. The second-order valence-corrected chi connectivity index (χ2v) is 2.48. The predicted molar refractivity (Wildman–Crippen MR) is 52.1 cm³/mol. The van der Waals surface area contributed by atoms with Crippen LogP contribution in [0.2, 0.25) is 0 Å². The van der Waals surface area contributed by atoms with Crippen molar-refractivity contribution in [2.45, 2.75) is 6.92 Å². The Bertz CT molecular complexity index is 199. The van der Waals surface area contributed by atoms with Crippen LogP contribution in [0.4, 0.5) is 0 Å². The molecule has 0 fully saturated rings. The van der Waals surface area contributed by atoms with Crippen molar-refractivity contribution >= 4 is 22.4 Å². The standard InChI is InChI=1S/C7H8.C2H3BrO2/c1-7-5-3-2-4-6-7;3-1-5-2-4/h2-6H,1H3;2H,1H2. The first kappa shape index (κ1) is 11.2. The lowest BCUT2D eigenvalue weighted by molar-refractivity contribution is -0.126. The molecule has 0 aliphatic heterocycles. The van der Waals surface area contributed by atoms with E-state index >= 15 is 0 Å². The molecule has 3 heteroatoms. The molecule has 0 radical (unpaired) electrons. The number of rotatable bonds is 2. The number of hydrogen-bond donors (Lipinski definition) is 0. The van der Waals surface area contributed by atoms with Crippen molar-refractivity contribution in [2.75, 3.05) is 5.52 Å². The summed E-state index contributed by atoms with van der Waals surface area (Å²) in [6.07, 6.45) is 0. The first-order valence-corrected chi connectivity index (χ1v) is 4.56. The first-order chi connectivity index (χ1) is 5.81. The van der Waals surface area contributed by atoms with E-state index in [4.69, 9.17) is 4.79 Å². The van der Waals surface area contributed by atoms with E-state index in [9.17, 15) is 0 Å². The third kappa shape index (κ3) is 7.28. The molecule has 2 nitrogen and oxygen atoms in total. The number of aryl methyl sites for hydroxylation is 1.